The lowest BCUT2D eigenvalue weighted by molar-refractivity contribution is 0.221. The van der Waals surface area contributed by atoms with E-state index in [4.69, 9.17) is 4.74 Å². The van der Waals surface area contributed by atoms with Gasteiger partial charge in [-0.2, -0.15) is 10.9 Å². The van der Waals surface area contributed by atoms with Gasteiger partial charge < -0.3 is 4.74 Å². The Bertz CT molecular complexity index is 652. The van der Waals surface area contributed by atoms with Gasteiger partial charge in [-0.3, -0.25) is 0 Å². The van der Waals surface area contributed by atoms with E-state index in [0.717, 1.165) is 18.8 Å². The van der Waals surface area contributed by atoms with E-state index in [9.17, 15) is 0 Å². The highest BCUT2D eigenvalue weighted by Gasteiger charge is 2.11. The van der Waals surface area contributed by atoms with Crippen LogP contribution in [0.5, 0.6) is 0 Å². The Morgan fingerprint density at radius 3 is 2.80 bits per heavy atom. The Morgan fingerprint density at radius 2 is 1.90 bits per heavy atom. The molecule has 104 valence electrons. The van der Waals surface area contributed by atoms with Crippen molar-refractivity contribution in [1.82, 2.24) is 0 Å². The van der Waals surface area contributed by atoms with Gasteiger partial charge >= 0.3 is 0 Å². The summed E-state index contributed by atoms with van der Waals surface area (Å²) in [6.07, 6.45) is 4.43. The Hall–Kier alpha value is -1.67. The van der Waals surface area contributed by atoms with Gasteiger partial charge in [-0.1, -0.05) is 49.7 Å². The van der Waals surface area contributed by atoms with Crippen molar-refractivity contribution in [3.05, 3.63) is 65.1 Å². The van der Waals surface area contributed by atoms with E-state index in [1.54, 1.807) is 0 Å². The van der Waals surface area contributed by atoms with Crippen molar-refractivity contribution in [2.45, 2.75) is 24.7 Å². The summed E-state index contributed by atoms with van der Waals surface area (Å²) in [6.45, 7) is 3.01. The lowest BCUT2D eigenvalue weighted by Gasteiger charge is -2.13. The maximum absolute atomic E-state index is 5.80. The summed E-state index contributed by atoms with van der Waals surface area (Å²) in [6, 6.07) is 15.2. The van der Waals surface area contributed by atoms with Gasteiger partial charge in [0.15, 0.2) is 0 Å². The fourth-order valence-corrected chi connectivity index (χ4v) is 4.25. The molecule has 20 heavy (non-hydrogen) atoms. The van der Waals surface area contributed by atoms with Crippen LogP contribution in [0.3, 0.4) is 0 Å². The molecule has 0 fully saturated rings. The Morgan fingerprint density at radius 1 is 1.05 bits per heavy atom. The van der Waals surface area contributed by atoms with Crippen molar-refractivity contribution in [3.8, 4) is 0 Å². The zero-order chi connectivity index (χ0) is 13.8. The zero-order valence-corrected chi connectivity index (χ0v) is 12.6. The number of rotatable bonds is 5. The van der Waals surface area contributed by atoms with Gasteiger partial charge in [0, 0.05) is 10.3 Å². The minimum absolute atomic E-state index is 0.368. The van der Waals surface area contributed by atoms with E-state index < -0.39 is 0 Å². The van der Waals surface area contributed by atoms with E-state index in [-0.39, 0.29) is 10.9 Å². The third-order valence-electron chi connectivity index (χ3n) is 3.48. The molecule has 3 rings (SSSR count). The normalized spacial score (nSPS) is 19.2. The minimum atomic E-state index is -0.368. The second kappa shape index (κ2) is 6.19. The molecule has 1 aliphatic heterocycles. The molecule has 0 bridgehead atoms. The lowest BCUT2D eigenvalue weighted by atomic mass is 10.1. The average Bonchev–Trinajstić information content (AvgIpc) is 2.96. The van der Waals surface area contributed by atoms with Gasteiger partial charge in [-0.25, -0.2) is 0 Å². The number of hydrogen-bond donors (Lipinski definition) is 1. The second-order valence-electron chi connectivity index (χ2n) is 4.95. The minimum Gasteiger partial charge on any atom is -0.493 e. The highest BCUT2D eigenvalue weighted by atomic mass is 32.2. The predicted octanol–water partition coefficient (Wildman–Crippen LogP) is 5.39. The fourth-order valence-electron chi connectivity index (χ4n) is 2.38. The molecule has 2 aromatic rings. The molecular formula is C18H20OS. The molecule has 1 aliphatic rings. The number of benzene rings is 2. The summed E-state index contributed by atoms with van der Waals surface area (Å²) in [4.78, 5) is 1.42. The van der Waals surface area contributed by atoms with E-state index in [2.05, 4.69) is 66.3 Å². The summed E-state index contributed by atoms with van der Waals surface area (Å²) in [5, 5.41) is 7.25. The van der Waals surface area contributed by atoms with Crippen LogP contribution in [0.25, 0.3) is 10.8 Å². The van der Waals surface area contributed by atoms with Gasteiger partial charge in [0.25, 0.3) is 0 Å². The number of unbranched alkanes of at least 4 members (excludes halogenated alkanes) is 1. The molecule has 0 spiro atoms. The predicted molar refractivity (Wildman–Crippen MR) is 89.3 cm³/mol. The third-order valence-corrected chi connectivity index (χ3v) is 5.43. The van der Waals surface area contributed by atoms with E-state index in [1.165, 1.54) is 22.1 Å². The van der Waals surface area contributed by atoms with E-state index in [0.29, 0.717) is 0 Å². The van der Waals surface area contributed by atoms with Crippen LogP contribution in [0.2, 0.25) is 0 Å². The number of fused-ring (bicyclic) bond motifs is 1. The van der Waals surface area contributed by atoms with Crippen LogP contribution in [0.4, 0.5) is 0 Å². The summed E-state index contributed by atoms with van der Waals surface area (Å²) in [5.74, 6) is 1.04. The summed E-state index contributed by atoms with van der Waals surface area (Å²) in [7, 11) is -0.368. The van der Waals surface area contributed by atoms with Crippen molar-refractivity contribution in [2.75, 3.05) is 6.61 Å². The first-order chi connectivity index (χ1) is 9.88. The first kappa shape index (κ1) is 13.3. The monoisotopic (exact) mass is 284 g/mol. The first-order valence-corrected chi connectivity index (χ1v) is 8.65. The van der Waals surface area contributed by atoms with Crippen LogP contribution in [-0.4, -0.2) is 6.61 Å². The molecule has 0 aromatic heterocycles. The van der Waals surface area contributed by atoms with Crippen LogP contribution >= 0.6 is 10.9 Å². The molecule has 2 heteroatoms. The number of ether oxygens (including phenoxy) is 1. The first-order valence-electron chi connectivity index (χ1n) is 7.17. The van der Waals surface area contributed by atoms with Gasteiger partial charge in [0.2, 0.25) is 0 Å². The molecule has 0 saturated carbocycles. The number of thiol groups is 1. The highest BCUT2D eigenvalue weighted by molar-refractivity contribution is 8.22. The van der Waals surface area contributed by atoms with Crippen LogP contribution in [-0.2, 0) is 4.74 Å². The van der Waals surface area contributed by atoms with Crippen molar-refractivity contribution >= 4 is 21.7 Å². The number of hydrogen-bond acceptors (Lipinski definition) is 1. The van der Waals surface area contributed by atoms with Crippen LogP contribution < -0.4 is 0 Å². The smallest absolute Gasteiger partial charge is 0.124 e. The van der Waals surface area contributed by atoms with Gasteiger partial charge in [0.05, 0.1) is 6.61 Å². The molecule has 2 aromatic carbocycles. The summed E-state index contributed by atoms with van der Waals surface area (Å²) in [5.41, 5.74) is 0. The molecule has 1 atom stereocenters. The van der Waals surface area contributed by atoms with Gasteiger partial charge in [-0.05, 0) is 34.7 Å². The molecule has 1 heterocycles. The maximum atomic E-state index is 5.80. The topological polar surface area (TPSA) is 9.23 Å². The molecule has 0 N–H and O–H groups in total. The Balaban J connectivity index is 1.84. The molecule has 0 radical (unpaired) electrons. The molecule has 0 saturated heterocycles. The maximum Gasteiger partial charge on any atom is 0.124 e. The average molecular weight is 284 g/mol. The zero-order valence-electron chi connectivity index (χ0n) is 11.8. The van der Waals surface area contributed by atoms with Crippen LogP contribution in [0, 0.1) is 0 Å². The molecule has 1 unspecified atom stereocenters. The van der Waals surface area contributed by atoms with Crippen molar-refractivity contribution < 1.29 is 4.74 Å². The Kier molecular flexibility index (Phi) is 4.12. The van der Waals surface area contributed by atoms with Gasteiger partial charge in [-0.15, -0.1) is 0 Å². The lowest BCUT2D eigenvalue weighted by Crippen LogP contribution is -1.90. The molecule has 0 aliphatic carbocycles. The summed E-state index contributed by atoms with van der Waals surface area (Å²) >= 11 is 0. The quantitative estimate of drug-likeness (QED) is 0.572. The Labute approximate surface area is 123 Å². The van der Waals surface area contributed by atoms with Crippen LogP contribution in [0.15, 0.2) is 70.0 Å². The van der Waals surface area contributed by atoms with E-state index in [1.807, 2.05) is 0 Å². The SMILES string of the molecule is CCCCOC1=C[SH](c2cccc3ccccc23)C=C1. The largest absolute Gasteiger partial charge is 0.493 e. The molecule has 0 amide bonds. The molecular weight excluding hydrogens is 264 g/mol. The van der Waals surface area contributed by atoms with Crippen molar-refractivity contribution in [3.63, 3.8) is 0 Å². The fraction of sp³-hybridized carbons (Fsp3) is 0.222. The second-order valence-corrected chi connectivity index (χ2v) is 6.81. The third kappa shape index (κ3) is 2.75. The van der Waals surface area contributed by atoms with Crippen molar-refractivity contribution in [2.24, 2.45) is 0 Å². The summed E-state index contributed by atoms with van der Waals surface area (Å²) < 4.78 is 5.80. The number of allylic oxidation sites excluding steroid dienone is 1. The van der Waals surface area contributed by atoms with Gasteiger partial charge in [0.1, 0.15) is 5.76 Å². The van der Waals surface area contributed by atoms with E-state index >= 15 is 0 Å². The molecule has 1 nitrogen and oxygen atoms in total. The highest BCUT2D eigenvalue weighted by Crippen LogP contribution is 2.47. The van der Waals surface area contributed by atoms with Crippen molar-refractivity contribution in [1.29, 1.82) is 0 Å². The standard InChI is InChI=1S/C18H20OS/c1-2-3-12-19-16-11-13-20(14-16)18-10-6-8-15-7-4-5-9-17(15)18/h4-11,13-14,20H,2-3,12H2,1H3. The van der Waals surface area contributed by atoms with Crippen LogP contribution in [0.1, 0.15) is 19.8 Å².